The van der Waals surface area contributed by atoms with E-state index >= 15 is 0 Å². The van der Waals surface area contributed by atoms with Crippen LogP contribution in [0.3, 0.4) is 0 Å². The molecule has 2 rings (SSSR count). The second-order valence-electron chi connectivity index (χ2n) is 4.91. The molecular formula is C18H14FNO3. The molecule has 0 N–H and O–H groups in total. The van der Waals surface area contributed by atoms with Crippen LogP contribution in [0.1, 0.15) is 27.1 Å². The number of nitriles is 1. The molecule has 5 heteroatoms. The number of benzene rings is 2. The Morgan fingerprint density at radius 2 is 1.65 bits per heavy atom. The van der Waals surface area contributed by atoms with Crippen molar-refractivity contribution in [3.05, 3.63) is 65.5 Å². The standard InChI is InChI=1S/C18H14FNO3/c1-23-16-8-4-13(5-9-16)18(22)14(11-20)10-17(21)12-2-6-15(19)7-3-12/h2-9,14H,10H2,1H3. The van der Waals surface area contributed by atoms with Crippen LogP contribution in [0.25, 0.3) is 0 Å². The van der Waals surface area contributed by atoms with Gasteiger partial charge in [-0.3, -0.25) is 9.59 Å². The summed E-state index contributed by atoms with van der Waals surface area (Å²) in [5, 5.41) is 9.19. The zero-order valence-electron chi connectivity index (χ0n) is 12.5. The molecule has 0 spiro atoms. The van der Waals surface area contributed by atoms with Crippen LogP contribution in [0, 0.1) is 23.1 Å². The van der Waals surface area contributed by atoms with Gasteiger partial charge in [0.1, 0.15) is 17.5 Å². The van der Waals surface area contributed by atoms with Crippen molar-refractivity contribution in [1.82, 2.24) is 0 Å². The van der Waals surface area contributed by atoms with Crippen LogP contribution in [-0.4, -0.2) is 18.7 Å². The average Bonchev–Trinajstić information content (AvgIpc) is 2.59. The lowest BCUT2D eigenvalue weighted by Crippen LogP contribution is -2.17. The second-order valence-corrected chi connectivity index (χ2v) is 4.91. The van der Waals surface area contributed by atoms with Gasteiger partial charge in [-0.2, -0.15) is 5.26 Å². The van der Waals surface area contributed by atoms with Crippen LogP contribution >= 0.6 is 0 Å². The van der Waals surface area contributed by atoms with E-state index < -0.39 is 17.5 Å². The lowest BCUT2D eigenvalue weighted by Gasteiger charge is -2.08. The third kappa shape index (κ3) is 4.01. The zero-order chi connectivity index (χ0) is 16.8. The van der Waals surface area contributed by atoms with Gasteiger partial charge in [-0.15, -0.1) is 0 Å². The number of ketones is 2. The fraction of sp³-hybridized carbons (Fsp3) is 0.167. The number of methoxy groups -OCH3 is 1. The van der Waals surface area contributed by atoms with E-state index in [-0.39, 0.29) is 17.8 Å². The van der Waals surface area contributed by atoms with Crippen molar-refractivity contribution in [3.63, 3.8) is 0 Å². The van der Waals surface area contributed by atoms with Gasteiger partial charge >= 0.3 is 0 Å². The maximum Gasteiger partial charge on any atom is 0.180 e. The van der Waals surface area contributed by atoms with Crippen molar-refractivity contribution in [2.75, 3.05) is 7.11 Å². The Hall–Kier alpha value is -3.00. The van der Waals surface area contributed by atoms with Gasteiger partial charge in [0.15, 0.2) is 11.6 Å². The summed E-state index contributed by atoms with van der Waals surface area (Å²) in [6, 6.07) is 13.2. The van der Waals surface area contributed by atoms with Crippen molar-refractivity contribution in [2.24, 2.45) is 5.92 Å². The first-order valence-electron chi connectivity index (χ1n) is 6.92. The largest absolute Gasteiger partial charge is 0.497 e. The summed E-state index contributed by atoms with van der Waals surface area (Å²) in [4.78, 5) is 24.4. The zero-order valence-corrected chi connectivity index (χ0v) is 12.5. The van der Waals surface area contributed by atoms with Gasteiger partial charge in [0.2, 0.25) is 0 Å². The van der Waals surface area contributed by atoms with Crippen molar-refractivity contribution in [1.29, 1.82) is 5.26 Å². The first-order valence-corrected chi connectivity index (χ1v) is 6.92. The molecule has 23 heavy (non-hydrogen) atoms. The van der Waals surface area contributed by atoms with Gasteiger partial charge in [0, 0.05) is 17.5 Å². The molecule has 0 saturated heterocycles. The van der Waals surface area contributed by atoms with Gasteiger partial charge in [0.25, 0.3) is 0 Å². The molecule has 0 bridgehead atoms. The van der Waals surface area contributed by atoms with Crippen molar-refractivity contribution in [3.8, 4) is 11.8 Å². The number of carbonyl (C=O) groups is 2. The Balaban J connectivity index is 2.12. The quantitative estimate of drug-likeness (QED) is 0.767. The number of carbonyl (C=O) groups excluding carboxylic acids is 2. The molecule has 0 saturated carbocycles. The summed E-state index contributed by atoms with van der Waals surface area (Å²) in [7, 11) is 1.51. The lowest BCUT2D eigenvalue weighted by atomic mass is 9.92. The molecule has 2 aromatic rings. The fourth-order valence-electron chi connectivity index (χ4n) is 2.09. The molecule has 1 atom stereocenters. The van der Waals surface area contributed by atoms with E-state index in [2.05, 4.69) is 0 Å². The Kier molecular flexibility index (Phi) is 5.21. The SMILES string of the molecule is COc1ccc(C(=O)C(C#N)CC(=O)c2ccc(F)cc2)cc1. The van der Waals surface area contributed by atoms with Crippen LogP contribution < -0.4 is 4.74 Å². The number of ether oxygens (including phenoxy) is 1. The molecule has 4 nitrogen and oxygen atoms in total. The molecule has 0 aliphatic carbocycles. The third-order valence-corrected chi connectivity index (χ3v) is 3.40. The van der Waals surface area contributed by atoms with E-state index in [9.17, 15) is 19.2 Å². The summed E-state index contributed by atoms with van der Waals surface area (Å²) >= 11 is 0. The fourth-order valence-corrected chi connectivity index (χ4v) is 2.09. The van der Waals surface area contributed by atoms with E-state index in [1.54, 1.807) is 24.3 Å². The van der Waals surface area contributed by atoms with Crippen LogP contribution in [-0.2, 0) is 0 Å². The van der Waals surface area contributed by atoms with Crippen molar-refractivity contribution in [2.45, 2.75) is 6.42 Å². The van der Waals surface area contributed by atoms with Crippen LogP contribution in [0.5, 0.6) is 5.75 Å². The predicted octanol–water partition coefficient (Wildman–Crippen LogP) is 3.43. The normalized spacial score (nSPS) is 11.3. The predicted molar refractivity (Wildman–Crippen MR) is 81.8 cm³/mol. The highest BCUT2D eigenvalue weighted by atomic mass is 19.1. The molecule has 0 aliphatic rings. The number of hydrogen-bond acceptors (Lipinski definition) is 4. The van der Waals surface area contributed by atoms with E-state index in [1.807, 2.05) is 6.07 Å². The first kappa shape index (κ1) is 16.4. The summed E-state index contributed by atoms with van der Waals surface area (Å²) in [6.45, 7) is 0. The minimum Gasteiger partial charge on any atom is -0.497 e. The lowest BCUT2D eigenvalue weighted by molar-refractivity contribution is 0.0882. The van der Waals surface area contributed by atoms with Gasteiger partial charge in [0.05, 0.1) is 13.2 Å². The van der Waals surface area contributed by atoms with Gasteiger partial charge < -0.3 is 4.74 Å². The summed E-state index contributed by atoms with van der Waals surface area (Å²) < 4.78 is 17.9. The average molecular weight is 311 g/mol. The Morgan fingerprint density at radius 1 is 1.09 bits per heavy atom. The van der Waals surface area contributed by atoms with Gasteiger partial charge in [-0.25, -0.2) is 4.39 Å². The van der Waals surface area contributed by atoms with Crippen molar-refractivity contribution < 1.29 is 18.7 Å². The number of nitrogens with zero attached hydrogens (tertiary/aromatic N) is 1. The maximum atomic E-state index is 12.9. The minimum absolute atomic E-state index is 0.243. The monoisotopic (exact) mass is 311 g/mol. The van der Waals surface area contributed by atoms with Gasteiger partial charge in [-0.05, 0) is 48.5 Å². The molecule has 116 valence electrons. The second kappa shape index (κ2) is 7.32. The molecule has 0 amide bonds. The molecular weight excluding hydrogens is 297 g/mol. The number of hydrogen-bond donors (Lipinski definition) is 0. The van der Waals surface area contributed by atoms with Crippen LogP contribution in [0.2, 0.25) is 0 Å². The van der Waals surface area contributed by atoms with Gasteiger partial charge in [-0.1, -0.05) is 0 Å². The molecule has 0 radical (unpaired) electrons. The first-order chi connectivity index (χ1) is 11.0. The highest BCUT2D eigenvalue weighted by Crippen LogP contribution is 2.18. The smallest absolute Gasteiger partial charge is 0.180 e. The Bertz CT molecular complexity index is 745. The topological polar surface area (TPSA) is 67.2 Å². The summed E-state index contributed by atoms with van der Waals surface area (Å²) in [6.07, 6.45) is -0.243. The van der Waals surface area contributed by atoms with Crippen LogP contribution in [0.15, 0.2) is 48.5 Å². The van der Waals surface area contributed by atoms with E-state index in [4.69, 9.17) is 4.74 Å². The molecule has 0 heterocycles. The van der Waals surface area contributed by atoms with E-state index in [0.29, 0.717) is 11.3 Å². The third-order valence-electron chi connectivity index (χ3n) is 3.40. The Morgan fingerprint density at radius 3 is 2.17 bits per heavy atom. The summed E-state index contributed by atoms with van der Waals surface area (Å²) in [5.41, 5.74) is 0.610. The number of halogens is 1. The highest BCUT2D eigenvalue weighted by molar-refractivity contribution is 6.04. The number of rotatable bonds is 6. The Labute approximate surface area is 133 Å². The highest BCUT2D eigenvalue weighted by Gasteiger charge is 2.23. The van der Waals surface area contributed by atoms with E-state index in [0.717, 1.165) is 0 Å². The maximum absolute atomic E-state index is 12.9. The minimum atomic E-state index is -1.08. The molecule has 1 unspecified atom stereocenters. The van der Waals surface area contributed by atoms with E-state index in [1.165, 1.54) is 31.4 Å². The van der Waals surface area contributed by atoms with Crippen LogP contribution in [0.4, 0.5) is 4.39 Å². The molecule has 2 aromatic carbocycles. The molecule has 0 aromatic heterocycles. The summed E-state index contributed by atoms with van der Waals surface area (Å²) in [5.74, 6) is -1.74. The molecule has 0 fully saturated rings. The van der Waals surface area contributed by atoms with Crippen molar-refractivity contribution >= 4 is 11.6 Å². The molecule has 0 aliphatic heterocycles. The number of Topliss-reactive ketones (excluding diaryl/α,β-unsaturated/α-hetero) is 2.